The summed E-state index contributed by atoms with van der Waals surface area (Å²) in [4.78, 5) is 13.0. The number of benzene rings is 2. The van der Waals surface area contributed by atoms with E-state index in [2.05, 4.69) is 5.32 Å². The molecule has 3 aromatic rings. The fourth-order valence-corrected chi connectivity index (χ4v) is 3.44. The molecule has 0 saturated heterocycles. The van der Waals surface area contributed by atoms with Crippen molar-refractivity contribution >= 4 is 17.2 Å². The molecule has 3 rings (SSSR count). The molecule has 29 heavy (non-hydrogen) atoms. The van der Waals surface area contributed by atoms with Gasteiger partial charge < -0.3 is 15.2 Å². The molecule has 4 nitrogen and oxygen atoms in total. The van der Waals surface area contributed by atoms with Crippen LogP contribution in [0.5, 0.6) is 5.75 Å². The molecule has 2 aromatic carbocycles. The van der Waals surface area contributed by atoms with Crippen LogP contribution in [0.2, 0.25) is 0 Å². The fraction of sp³-hybridized carbons (Fsp3) is 0.190. The number of rotatable bonds is 7. The number of carbonyl (C=O) groups is 1. The van der Waals surface area contributed by atoms with Crippen LogP contribution in [0.4, 0.5) is 13.2 Å². The van der Waals surface area contributed by atoms with Gasteiger partial charge in [0.05, 0.1) is 10.4 Å². The number of nitrogens with one attached hydrogen (secondary N) is 1. The third-order valence-corrected chi connectivity index (χ3v) is 4.99. The predicted octanol–water partition coefficient (Wildman–Crippen LogP) is 4.60. The lowest BCUT2D eigenvalue weighted by atomic mass is 10.1. The van der Waals surface area contributed by atoms with E-state index in [0.717, 1.165) is 23.3 Å². The quantitative estimate of drug-likeness (QED) is 0.586. The monoisotopic (exact) mass is 421 g/mol. The van der Waals surface area contributed by atoms with Crippen molar-refractivity contribution in [1.82, 2.24) is 5.32 Å². The van der Waals surface area contributed by atoms with Gasteiger partial charge in [-0.25, -0.2) is 0 Å². The van der Waals surface area contributed by atoms with Gasteiger partial charge in [0.25, 0.3) is 5.91 Å². The van der Waals surface area contributed by atoms with E-state index in [1.807, 2.05) is 41.8 Å². The number of alkyl halides is 3. The summed E-state index contributed by atoms with van der Waals surface area (Å²) in [5, 5.41) is 14.5. The van der Waals surface area contributed by atoms with Crippen LogP contribution in [-0.4, -0.2) is 30.3 Å². The van der Waals surface area contributed by atoms with Crippen molar-refractivity contribution in [2.45, 2.75) is 12.3 Å². The highest BCUT2D eigenvalue weighted by Crippen LogP contribution is 2.30. The van der Waals surface area contributed by atoms with Crippen LogP contribution in [0.25, 0.3) is 11.1 Å². The second-order valence-electron chi connectivity index (χ2n) is 6.23. The molecule has 0 saturated carbocycles. The molecule has 1 amide bonds. The topological polar surface area (TPSA) is 58.6 Å². The Morgan fingerprint density at radius 1 is 1.07 bits per heavy atom. The summed E-state index contributed by atoms with van der Waals surface area (Å²) in [6.07, 6.45) is -5.43. The predicted molar refractivity (Wildman–Crippen MR) is 105 cm³/mol. The number of hydrogen-bond acceptors (Lipinski definition) is 4. The average molecular weight is 421 g/mol. The van der Waals surface area contributed by atoms with E-state index in [1.54, 1.807) is 0 Å². The number of aliphatic hydroxyl groups excluding tert-OH is 1. The zero-order valence-corrected chi connectivity index (χ0v) is 16.0. The smallest absolute Gasteiger partial charge is 0.416 e. The van der Waals surface area contributed by atoms with Gasteiger partial charge in [-0.05, 0) is 41.3 Å². The van der Waals surface area contributed by atoms with Crippen LogP contribution < -0.4 is 10.1 Å². The van der Waals surface area contributed by atoms with Crippen molar-refractivity contribution in [2.24, 2.45) is 0 Å². The van der Waals surface area contributed by atoms with Crippen LogP contribution in [0.1, 0.15) is 15.2 Å². The zero-order chi connectivity index (χ0) is 20.9. The molecule has 0 fully saturated rings. The Labute approximate surface area is 169 Å². The number of carbonyl (C=O) groups excluding carboxylic acids is 1. The van der Waals surface area contributed by atoms with Crippen LogP contribution >= 0.6 is 11.3 Å². The lowest BCUT2D eigenvalue weighted by Gasteiger charge is -2.14. The van der Waals surface area contributed by atoms with Gasteiger partial charge in [0.2, 0.25) is 0 Å². The lowest BCUT2D eigenvalue weighted by Crippen LogP contribution is -2.35. The first-order valence-corrected chi connectivity index (χ1v) is 9.62. The molecule has 1 heterocycles. The summed E-state index contributed by atoms with van der Waals surface area (Å²) in [7, 11) is 0. The number of ether oxygens (including phenoxy) is 1. The molecule has 8 heteroatoms. The van der Waals surface area contributed by atoms with Crippen LogP contribution in [0.3, 0.4) is 0 Å². The van der Waals surface area contributed by atoms with E-state index in [1.165, 1.54) is 23.5 Å². The van der Waals surface area contributed by atoms with E-state index in [-0.39, 0.29) is 24.8 Å². The van der Waals surface area contributed by atoms with Crippen LogP contribution in [0.15, 0.2) is 66.0 Å². The summed E-state index contributed by atoms with van der Waals surface area (Å²) >= 11 is 1.30. The van der Waals surface area contributed by atoms with Crippen molar-refractivity contribution in [1.29, 1.82) is 0 Å². The van der Waals surface area contributed by atoms with Crippen LogP contribution in [-0.2, 0) is 6.18 Å². The molecular formula is C21H18F3NO3S. The van der Waals surface area contributed by atoms with Crippen molar-refractivity contribution in [2.75, 3.05) is 13.2 Å². The normalized spacial score (nSPS) is 12.4. The van der Waals surface area contributed by atoms with Gasteiger partial charge in [0, 0.05) is 12.1 Å². The van der Waals surface area contributed by atoms with Gasteiger partial charge >= 0.3 is 6.18 Å². The number of amides is 1. The molecule has 0 aliphatic heterocycles. The molecule has 1 atom stereocenters. The molecule has 0 aliphatic carbocycles. The Morgan fingerprint density at radius 3 is 2.41 bits per heavy atom. The number of hydrogen-bond donors (Lipinski definition) is 2. The number of halogens is 3. The highest BCUT2D eigenvalue weighted by molar-refractivity contribution is 7.12. The van der Waals surface area contributed by atoms with Crippen molar-refractivity contribution < 1.29 is 27.8 Å². The third-order valence-electron chi connectivity index (χ3n) is 4.08. The largest absolute Gasteiger partial charge is 0.491 e. The number of aliphatic hydroxyl groups is 1. The maximum Gasteiger partial charge on any atom is 0.416 e. The van der Waals surface area contributed by atoms with Crippen molar-refractivity contribution in [3.8, 4) is 16.9 Å². The minimum atomic E-state index is -4.41. The summed E-state index contributed by atoms with van der Waals surface area (Å²) in [5.74, 6) is -0.111. The Bertz CT molecular complexity index is 940. The van der Waals surface area contributed by atoms with Gasteiger partial charge in [-0.3, -0.25) is 4.79 Å². The lowest BCUT2D eigenvalue weighted by molar-refractivity contribution is -0.137. The maximum absolute atomic E-state index is 12.5. The SMILES string of the molecule is O=C(NCC(O)COc1ccc(C(F)(F)F)cc1)c1sccc1-c1ccccc1. The first-order chi connectivity index (χ1) is 13.8. The summed E-state index contributed by atoms with van der Waals surface area (Å²) < 4.78 is 42.9. The minimum Gasteiger partial charge on any atom is -0.491 e. The molecule has 1 unspecified atom stereocenters. The van der Waals surface area contributed by atoms with Crippen molar-refractivity contribution in [3.63, 3.8) is 0 Å². The van der Waals surface area contributed by atoms with E-state index < -0.39 is 17.8 Å². The molecule has 152 valence electrons. The second-order valence-corrected chi connectivity index (χ2v) is 7.14. The average Bonchev–Trinajstić information content (AvgIpc) is 3.21. The first-order valence-electron chi connectivity index (χ1n) is 8.74. The molecule has 0 aliphatic rings. The maximum atomic E-state index is 12.5. The Kier molecular flexibility index (Phi) is 6.56. The first kappa shape index (κ1) is 20.9. The zero-order valence-electron chi connectivity index (χ0n) is 15.1. The number of thiophene rings is 1. The van der Waals surface area contributed by atoms with Gasteiger partial charge in [-0.2, -0.15) is 13.2 Å². The summed E-state index contributed by atoms with van der Waals surface area (Å²) in [6, 6.07) is 15.5. The van der Waals surface area contributed by atoms with Crippen molar-refractivity contribution in [3.05, 3.63) is 76.5 Å². The molecule has 0 radical (unpaired) electrons. The van der Waals surface area contributed by atoms with Gasteiger partial charge in [0.15, 0.2) is 0 Å². The Balaban J connectivity index is 1.51. The molecule has 2 N–H and O–H groups in total. The minimum absolute atomic E-state index is 0.0500. The van der Waals surface area contributed by atoms with E-state index in [9.17, 15) is 23.1 Å². The molecule has 0 bridgehead atoms. The molecule has 1 aromatic heterocycles. The Morgan fingerprint density at radius 2 is 1.76 bits per heavy atom. The standard InChI is InChI=1S/C21H18F3NO3S/c22-21(23,24)15-6-8-17(9-7-15)28-13-16(26)12-25-20(27)19-18(10-11-29-19)14-4-2-1-3-5-14/h1-11,16,26H,12-13H2,(H,25,27). The summed E-state index contributed by atoms with van der Waals surface area (Å²) in [5.41, 5.74) is 0.955. The van der Waals surface area contributed by atoms with E-state index in [0.29, 0.717) is 4.88 Å². The van der Waals surface area contributed by atoms with Crippen LogP contribution in [0, 0.1) is 0 Å². The van der Waals surface area contributed by atoms with Gasteiger partial charge in [-0.1, -0.05) is 30.3 Å². The van der Waals surface area contributed by atoms with Gasteiger partial charge in [0.1, 0.15) is 18.5 Å². The van der Waals surface area contributed by atoms with Gasteiger partial charge in [-0.15, -0.1) is 11.3 Å². The third kappa shape index (κ3) is 5.58. The molecular weight excluding hydrogens is 403 g/mol. The highest BCUT2D eigenvalue weighted by atomic mass is 32.1. The summed E-state index contributed by atoms with van der Waals surface area (Å²) in [6.45, 7) is -0.215. The Hall–Kier alpha value is -2.84. The highest BCUT2D eigenvalue weighted by Gasteiger charge is 2.30. The molecule has 0 spiro atoms. The van der Waals surface area contributed by atoms with E-state index in [4.69, 9.17) is 4.74 Å². The second kappa shape index (κ2) is 9.11. The van der Waals surface area contributed by atoms with E-state index >= 15 is 0 Å². The fourth-order valence-electron chi connectivity index (χ4n) is 2.61.